The van der Waals surface area contributed by atoms with E-state index in [0.717, 1.165) is 10.9 Å². The Morgan fingerprint density at radius 2 is 1.79 bits per heavy atom. The molecule has 1 heterocycles. The highest BCUT2D eigenvalue weighted by atomic mass is 35.5. The third-order valence-corrected chi connectivity index (χ3v) is 4.51. The number of phenols is 1. The number of hydrogen-bond donors (Lipinski definition) is 2. The molecule has 0 aliphatic carbocycles. The van der Waals surface area contributed by atoms with Gasteiger partial charge in [0.25, 0.3) is 5.91 Å². The number of halogens is 1. The summed E-state index contributed by atoms with van der Waals surface area (Å²) in [6.45, 7) is 0. The van der Waals surface area contributed by atoms with Crippen molar-refractivity contribution in [3.05, 3.63) is 89.1 Å². The van der Waals surface area contributed by atoms with Gasteiger partial charge in [-0.1, -0.05) is 41.9 Å². The maximum absolute atomic E-state index is 12.3. The molecule has 1 aromatic heterocycles. The van der Waals surface area contributed by atoms with Crippen molar-refractivity contribution >= 4 is 34.5 Å². The fraction of sp³-hybridized carbons (Fsp3) is 0. The van der Waals surface area contributed by atoms with Crippen LogP contribution in [0.5, 0.6) is 5.75 Å². The average molecular weight is 391 g/mol. The molecule has 0 spiro atoms. The number of furan rings is 1. The molecule has 0 fully saturated rings. The minimum absolute atomic E-state index is 0.0752. The fourth-order valence-corrected chi connectivity index (χ4v) is 2.97. The van der Waals surface area contributed by atoms with E-state index >= 15 is 0 Å². The van der Waals surface area contributed by atoms with Gasteiger partial charge in [-0.25, -0.2) is 5.43 Å². The predicted molar refractivity (Wildman–Crippen MR) is 110 cm³/mol. The summed E-state index contributed by atoms with van der Waals surface area (Å²) in [5.41, 5.74) is 3.44. The number of nitrogens with one attached hydrogen (secondary N) is 1. The molecule has 5 nitrogen and oxygen atoms in total. The van der Waals surface area contributed by atoms with Gasteiger partial charge in [-0.15, -0.1) is 0 Å². The monoisotopic (exact) mass is 390 g/mol. The first-order chi connectivity index (χ1) is 13.6. The molecule has 0 radical (unpaired) electrons. The number of carbonyl (C=O) groups excluding carboxylic acids is 1. The summed E-state index contributed by atoms with van der Waals surface area (Å²) in [4.78, 5) is 12.3. The molecule has 0 unspecified atom stereocenters. The van der Waals surface area contributed by atoms with Crippen LogP contribution in [0.15, 0.2) is 82.3 Å². The lowest BCUT2D eigenvalue weighted by Gasteiger charge is -2.06. The van der Waals surface area contributed by atoms with Crippen molar-refractivity contribution in [2.45, 2.75) is 0 Å². The number of benzene rings is 3. The lowest BCUT2D eigenvalue weighted by molar-refractivity contribution is 0.0952. The van der Waals surface area contributed by atoms with Crippen LogP contribution in [0.4, 0.5) is 0 Å². The summed E-state index contributed by atoms with van der Waals surface area (Å²) in [6.07, 6.45) is 1.40. The standard InChI is InChI=1S/C22H15ClN2O3/c23-16-8-5-15(6-9-16)20-12-10-17(28-20)13-24-25-22(27)19-11-7-14-3-1-2-4-18(14)21(19)26/h1-13,26H,(H,25,27). The third-order valence-electron chi connectivity index (χ3n) is 4.26. The zero-order chi connectivity index (χ0) is 19.5. The number of amides is 1. The van der Waals surface area contributed by atoms with E-state index in [4.69, 9.17) is 16.0 Å². The molecule has 0 saturated heterocycles. The van der Waals surface area contributed by atoms with Gasteiger partial charge < -0.3 is 9.52 Å². The van der Waals surface area contributed by atoms with Crippen molar-refractivity contribution in [3.63, 3.8) is 0 Å². The van der Waals surface area contributed by atoms with Crippen molar-refractivity contribution < 1.29 is 14.3 Å². The molecule has 0 aliphatic heterocycles. The van der Waals surface area contributed by atoms with Crippen LogP contribution in [-0.4, -0.2) is 17.2 Å². The number of hydrogen-bond acceptors (Lipinski definition) is 4. The van der Waals surface area contributed by atoms with Crippen LogP contribution in [0.25, 0.3) is 22.1 Å². The van der Waals surface area contributed by atoms with Crippen molar-refractivity contribution in [2.75, 3.05) is 0 Å². The first-order valence-corrected chi connectivity index (χ1v) is 8.89. The second kappa shape index (κ2) is 7.58. The van der Waals surface area contributed by atoms with E-state index in [1.54, 1.807) is 42.5 Å². The molecule has 1 amide bonds. The summed E-state index contributed by atoms with van der Waals surface area (Å²) >= 11 is 5.89. The van der Waals surface area contributed by atoms with Gasteiger partial charge in [-0.05, 0) is 47.9 Å². The second-order valence-corrected chi connectivity index (χ2v) is 6.53. The van der Waals surface area contributed by atoms with Crippen LogP contribution in [0, 0.1) is 0 Å². The Hall–Kier alpha value is -3.57. The Bertz CT molecular complexity index is 1180. The largest absolute Gasteiger partial charge is 0.506 e. The van der Waals surface area contributed by atoms with E-state index < -0.39 is 5.91 Å². The Kier molecular flexibility index (Phi) is 4.83. The van der Waals surface area contributed by atoms with Crippen molar-refractivity contribution in [1.82, 2.24) is 5.43 Å². The quantitative estimate of drug-likeness (QED) is 0.370. The number of carbonyl (C=O) groups is 1. The smallest absolute Gasteiger partial charge is 0.275 e. The highest BCUT2D eigenvalue weighted by molar-refractivity contribution is 6.30. The van der Waals surface area contributed by atoms with Crippen LogP contribution in [0.3, 0.4) is 0 Å². The van der Waals surface area contributed by atoms with Gasteiger partial charge in [-0.2, -0.15) is 5.10 Å². The number of rotatable bonds is 4. The molecule has 28 heavy (non-hydrogen) atoms. The first kappa shape index (κ1) is 17.8. The van der Waals surface area contributed by atoms with Gasteiger partial charge in [-0.3, -0.25) is 4.79 Å². The molecule has 0 aliphatic rings. The van der Waals surface area contributed by atoms with E-state index in [9.17, 15) is 9.90 Å². The number of hydrazone groups is 1. The van der Waals surface area contributed by atoms with Gasteiger partial charge in [0.2, 0.25) is 0 Å². The number of nitrogens with zero attached hydrogens (tertiary/aromatic N) is 1. The fourth-order valence-electron chi connectivity index (χ4n) is 2.84. The molecule has 6 heteroatoms. The normalized spacial score (nSPS) is 11.2. The zero-order valence-electron chi connectivity index (χ0n) is 14.6. The molecule has 2 N–H and O–H groups in total. The van der Waals surface area contributed by atoms with Crippen LogP contribution in [0.2, 0.25) is 5.02 Å². The predicted octanol–water partition coefficient (Wildman–Crippen LogP) is 5.22. The molecule has 0 saturated carbocycles. The highest BCUT2D eigenvalue weighted by Crippen LogP contribution is 2.28. The summed E-state index contributed by atoms with van der Waals surface area (Å²) < 4.78 is 5.69. The zero-order valence-corrected chi connectivity index (χ0v) is 15.4. The Labute approximate surface area is 165 Å². The molecule has 4 rings (SSSR count). The van der Waals surface area contributed by atoms with Crippen LogP contribution in [-0.2, 0) is 0 Å². The third kappa shape index (κ3) is 3.61. The van der Waals surface area contributed by atoms with Crippen LogP contribution < -0.4 is 5.43 Å². The number of fused-ring (bicyclic) bond motifs is 1. The molecule has 138 valence electrons. The summed E-state index contributed by atoms with van der Waals surface area (Å²) in [6, 6.07) is 21.5. The summed E-state index contributed by atoms with van der Waals surface area (Å²) in [5.74, 6) is 0.558. The van der Waals surface area contributed by atoms with Gasteiger partial charge in [0.15, 0.2) is 0 Å². The van der Waals surface area contributed by atoms with Gasteiger partial charge in [0.05, 0.1) is 11.8 Å². The molecular weight excluding hydrogens is 376 g/mol. The van der Waals surface area contributed by atoms with E-state index in [0.29, 0.717) is 21.9 Å². The lowest BCUT2D eigenvalue weighted by Crippen LogP contribution is -2.17. The summed E-state index contributed by atoms with van der Waals surface area (Å²) in [7, 11) is 0. The average Bonchev–Trinajstić information content (AvgIpc) is 3.18. The van der Waals surface area contributed by atoms with Crippen LogP contribution in [0.1, 0.15) is 16.1 Å². The maximum Gasteiger partial charge on any atom is 0.275 e. The first-order valence-electron chi connectivity index (χ1n) is 8.52. The van der Waals surface area contributed by atoms with Gasteiger partial charge in [0, 0.05) is 16.0 Å². The lowest BCUT2D eigenvalue weighted by atomic mass is 10.1. The SMILES string of the molecule is O=C(NN=Cc1ccc(-c2ccc(Cl)cc2)o1)c1ccc2ccccc2c1O. The van der Waals surface area contributed by atoms with Crippen LogP contribution >= 0.6 is 11.6 Å². The minimum atomic E-state index is -0.510. The number of aromatic hydroxyl groups is 1. The van der Waals surface area contributed by atoms with E-state index in [2.05, 4.69) is 10.5 Å². The van der Waals surface area contributed by atoms with E-state index in [-0.39, 0.29) is 11.3 Å². The Balaban J connectivity index is 1.47. The minimum Gasteiger partial charge on any atom is -0.506 e. The molecule has 0 bridgehead atoms. The number of phenolic OH excluding ortho intramolecular Hbond substituents is 1. The summed E-state index contributed by atoms with van der Waals surface area (Å²) in [5, 5.41) is 16.4. The maximum atomic E-state index is 12.3. The molecule has 0 atom stereocenters. The Morgan fingerprint density at radius 3 is 2.61 bits per heavy atom. The van der Waals surface area contributed by atoms with Crippen molar-refractivity contribution in [2.24, 2.45) is 5.10 Å². The van der Waals surface area contributed by atoms with Crippen molar-refractivity contribution in [1.29, 1.82) is 0 Å². The van der Waals surface area contributed by atoms with E-state index in [1.165, 1.54) is 6.21 Å². The Morgan fingerprint density at radius 1 is 1.00 bits per heavy atom. The highest BCUT2D eigenvalue weighted by Gasteiger charge is 2.13. The van der Waals surface area contributed by atoms with Gasteiger partial charge in [0.1, 0.15) is 17.3 Å². The second-order valence-electron chi connectivity index (χ2n) is 6.09. The molecular formula is C22H15ClN2O3. The van der Waals surface area contributed by atoms with Gasteiger partial charge >= 0.3 is 0 Å². The topological polar surface area (TPSA) is 74.8 Å². The molecule has 4 aromatic rings. The van der Waals surface area contributed by atoms with Crippen molar-refractivity contribution in [3.8, 4) is 17.1 Å². The molecule has 3 aromatic carbocycles. The van der Waals surface area contributed by atoms with E-state index in [1.807, 2.05) is 30.3 Å².